The number of hydrogen-bond acceptors (Lipinski definition) is 4. The Morgan fingerprint density at radius 1 is 1.11 bits per heavy atom. The van der Waals surface area contributed by atoms with E-state index < -0.39 is 0 Å². The number of aryl methyl sites for hydroxylation is 1. The Hall–Kier alpha value is -4.30. The molecular weight excluding hydrogens is 446 g/mol. The monoisotopic (exact) mass is 476 g/mol. The summed E-state index contributed by atoms with van der Waals surface area (Å²) < 4.78 is 13.9. The largest absolute Gasteiger partial charge is 0.497 e. The van der Waals surface area contributed by atoms with Crippen molar-refractivity contribution in [3.63, 3.8) is 0 Å². The molecule has 1 unspecified atom stereocenters. The van der Waals surface area contributed by atoms with Crippen LogP contribution >= 0.6 is 0 Å². The topological polar surface area (TPSA) is 53.3 Å². The second-order valence-corrected chi connectivity index (χ2v) is 9.33. The summed E-state index contributed by atoms with van der Waals surface area (Å²) in [6.07, 6.45) is 7.04. The predicted octanol–water partition coefficient (Wildman–Crippen LogP) is 6.17. The molecule has 0 N–H and O–H groups in total. The number of nitrogens with zero attached hydrogens (tertiary/aromatic N) is 3. The number of allylic oxidation sites excluding steroid dienone is 3. The number of hydrogen-bond donors (Lipinski definition) is 0. The van der Waals surface area contributed by atoms with Gasteiger partial charge >= 0.3 is 5.89 Å². The zero-order chi connectivity index (χ0) is 25.3. The quantitative estimate of drug-likeness (QED) is 0.312. The third kappa shape index (κ3) is 3.95. The first-order chi connectivity index (χ1) is 17.5. The summed E-state index contributed by atoms with van der Waals surface area (Å²) in [6, 6.07) is 24.5. The Balaban J connectivity index is 1.58. The van der Waals surface area contributed by atoms with Crippen LogP contribution in [0.1, 0.15) is 36.4 Å². The lowest BCUT2D eigenvalue weighted by Crippen LogP contribution is -2.33. The Morgan fingerprint density at radius 3 is 2.72 bits per heavy atom. The Bertz CT molecular complexity index is 1540. The van der Waals surface area contributed by atoms with Crippen LogP contribution in [0.4, 0.5) is 5.69 Å². The second-order valence-electron chi connectivity index (χ2n) is 9.33. The minimum Gasteiger partial charge on any atom is -0.497 e. The van der Waals surface area contributed by atoms with Crippen LogP contribution in [0.3, 0.4) is 0 Å². The standard InChI is InChI=1S/C31H30N3O2/c1-5-34-27-12-6-7-13-28(27)36-30(34)15-9-14-29-31(2,20-22-10-8-11-23(18-22)21-32)25-19-24(35-4)16-17-26(25)33(29)3/h6-19H,5,20H2,1-4H3/q+1. The molecule has 0 aliphatic carbocycles. The summed E-state index contributed by atoms with van der Waals surface area (Å²) in [5.74, 6) is 1.65. The summed E-state index contributed by atoms with van der Waals surface area (Å²) in [6.45, 7) is 5.21. The fraction of sp³-hybridized carbons (Fsp3) is 0.226. The third-order valence-corrected chi connectivity index (χ3v) is 7.15. The van der Waals surface area contributed by atoms with Crippen molar-refractivity contribution in [2.24, 2.45) is 0 Å². The van der Waals surface area contributed by atoms with Gasteiger partial charge in [-0.1, -0.05) is 30.3 Å². The number of anilines is 1. The van der Waals surface area contributed by atoms with Crippen LogP contribution in [0.2, 0.25) is 0 Å². The van der Waals surface area contributed by atoms with Crippen LogP contribution in [-0.4, -0.2) is 14.2 Å². The number of oxazole rings is 1. The van der Waals surface area contributed by atoms with E-state index in [4.69, 9.17) is 9.15 Å². The minimum absolute atomic E-state index is 0.314. The molecule has 5 nitrogen and oxygen atoms in total. The molecule has 4 aromatic rings. The van der Waals surface area contributed by atoms with E-state index in [9.17, 15) is 5.26 Å². The molecule has 180 valence electrons. The SMILES string of the molecule is CC[n+]1c(C=CC=C2N(C)c3ccc(OC)cc3C2(C)Cc2cccc(C#N)c2)oc2ccccc21. The Labute approximate surface area is 212 Å². The Kier molecular flexibility index (Phi) is 6.12. The zero-order valence-electron chi connectivity index (χ0n) is 21.2. The molecule has 0 radical (unpaired) electrons. The summed E-state index contributed by atoms with van der Waals surface area (Å²) in [5, 5.41) is 9.42. The van der Waals surface area contributed by atoms with Crippen molar-refractivity contribution in [3.05, 3.63) is 107 Å². The van der Waals surface area contributed by atoms with Gasteiger partial charge in [0.25, 0.3) is 5.52 Å². The Morgan fingerprint density at radius 2 is 1.94 bits per heavy atom. The first-order valence-corrected chi connectivity index (χ1v) is 12.2. The van der Waals surface area contributed by atoms with Crippen LogP contribution in [-0.2, 0) is 18.4 Å². The first-order valence-electron chi connectivity index (χ1n) is 12.2. The molecular formula is C31H30N3O2+. The average molecular weight is 477 g/mol. The molecule has 0 amide bonds. The molecule has 0 spiro atoms. The van der Waals surface area contributed by atoms with Crippen LogP contribution in [0.5, 0.6) is 5.75 Å². The average Bonchev–Trinajstić information content (AvgIpc) is 3.36. The molecule has 36 heavy (non-hydrogen) atoms. The van der Waals surface area contributed by atoms with Gasteiger partial charge in [-0.15, -0.1) is 0 Å². The number of nitriles is 1. The molecule has 1 aromatic heterocycles. The maximum absolute atomic E-state index is 9.42. The molecule has 2 heterocycles. The van der Waals surface area contributed by atoms with E-state index in [1.807, 2.05) is 48.5 Å². The van der Waals surface area contributed by atoms with Crippen molar-refractivity contribution >= 4 is 22.9 Å². The molecule has 0 bridgehead atoms. The molecule has 1 aliphatic rings. The van der Waals surface area contributed by atoms with Gasteiger partial charge in [-0.05, 0) is 73.9 Å². The molecule has 5 heteroatoms. The van der Waals surface area contributed by atoms with Crippen molar-refractivity contribution in [3.8, 4) is 11.8 Å². The first kappa shape index (κ1) is 23.4. The number of methoxy groups -OCH3 is 1. The van der Waals surface area contributed by atoms with Crippen LogP contribution in [0, 0.1) is 11.3 Å². The number of ether oxygens (including phenoxy) is 1. The van der Waals surface area contributed by atoms with E-state index in [2.05, 4.69) is 72.8 Å². The van der Waals surface area contributed by atoms with Crippen molar-refractivity contribution in [1.82, 2.24) is 0 Å². The lowest BCUT2D eigenvalue weighted by molar-refractivity contribution is -0.674. The van der Waals surface area contributed by atoms with Gasteiger partial charge in [0.15, 0.2) is 0 Å². The van der Waals surface area contributed by atoms with E-state index >= 15 is 0 Å². The normalized spacial score (nSPS) is 18.2. The van der Waals surface area contributed by atoms with Gasteiger partial charge in [-0.2, -0.15) is 9.83 Å². The highest BCUT2D eigenvalue weighted by Crippen LogP contribution is 2.50. The molecule has 5 rings (SSSR count). The van der Waals surface area contributed by atoms with Gasteiger partial charge in [-0.25, -0.2) is 0 Å². The lowest BCUT2D eigenvalue weighted by Gasteiger charge is -2.29. The van der Waals surface area contributed by atoms with Crippen molar-refractivity contribution in [2.45, 2.75) is 32.2 Å². The van der Waals surface area contributed by atoms with E-state index in [1.165, 1.54) is 11.3 Å². The van der Waals surface area contributed by atoms with Crippen LogP contribution < -0.4 is 14.2 Å². The number of rotatable bonds is 6. The van der Waals surface area contributed by atoms with Gasteiger partial charge in [0.2, 0.25) is 5.58 Å². The highest BCUT2D eigenvalue weighted by molar-refractivity contribution is 5.73. The maximum atomic E-state index is 9.42. The highest BCUT2D eigenvalue weighted by atomic mass is 16.5. The van der Waals surface area contributed by atoms with Crippen LogP contribution in [0.25, 0.3) is 17.2 Å². The molecule has 0 saturated carbocycles. The summed E-state index contributed by atoms with van der Waals surface area (Å²) in [4.78, 5) is 2.25. The minimum atomic E-state index is -0.314. The number of para-hydroxylation sites is 2. The lowest BCUT2D eigenvalue weighted by atomic mass is 9.76. The van der Waals surface area contributed by atoms with E-state index in [1.54, 1.807) is 7.11 Å². The zero-order valence-corrected chi connectivity index (χ0v) is 21.2. The van der Waals surface area contributed by atoms with Gasteiger partial charge in [0, 0.05) is 29.9 Å². The number of fused-ring (bicyclic) bond motifs is 2. The van der Waals surface area contributed by atoms with Gasteiger partial charge < -0.3 is 14.1 Å². The smallest absolute Gasteiger partial charge is 0.374 e. The fourth-order valence-electron chi connectivity index (χ4n) is 5.38. The van der Waals surface area contributed by atoms with Gasteiger partial charge in [0.1, 0.15) is 12.3 Å². The molecule has 0 fully saturated rings. The van der Waals surface area contributed by atoms with E-state index in [-0.39, 0.29) is 5.41 Å². The molecule has 3 aromatic carbocycles. The third-order valence-electron chi connectivity index (χ3n) is 7.15. The second kappa shape index (κ2) is 9.39. The van der Waals surface area contributed by atoms with Crippen molar-refractivity contribution < 1.29 is 13.7 Å². The van der Waals surface area contributed by atoms with E-state index in [0.29, 0.717) is 5.56 Å². The fourth-order valence-corrected chi connectivity index (χ4v) is 5.38. The maximum Gasteiger partial charge on any atom is 0.374 e. The van der Waals surface area contributed by atoms with E-state index in [0.717, 1.165) is 47.0 Å². The van der Waals surface area contributed by atoms with Gasteiger partial charge in [-0.3, -0.25) is 0 Å². The van der Waals surface area contributed by atoms with Crippen LogP contribution in [0.15, 0.2) is 89.0 Å². The predicted molar refractivity (Wildman–Crippen MR) is 143 cm³/mol. The number of likely N-dealkylation sites (N-methyl/N-ethyl adjacent to an activating group) is 1. The van der Waals surface area contributed by atoms with Gasteiger partial charge in [0.05, 0.1) is 24.8 Å². The molecule has 1 atom stereocenters. The molecule has 1 aliphatic heterocycles. The van der Waals surface area contributed by atoms with Crippen molar-refractivity contribution in [1.29, 1.82) is 5.26 Å². The summed E-state index contributed by atoms with van der Waals surface area (Å²) >= 11 is 0. The van der Waals surface area contributed by atoms with Crippen molar-refractivity contribution in [2.75, 3.05) is 19.1 Å². The summed E-state index contributed by atoms with van der Waals surface area (Å²) in [7, 11) is 3.80. The number of benzene rings is 3. The number of aromatic nitrogens is 1. The highest BCUT2D eigenvalue weighted by Gasteiger charge is 2.42. The molecule has 0 saturated heterocycles. The summed E-state index contributed by atoms with van der Waals surface area (Å²) in [5.41, 5.74) is 6.98.